The Balaban J connectivity index is 2.06. The highest BCUT2D eigenvalue weighted by atomic mass is 35.5. The minimum atomic E-state index is -0.554. The second-order valence-electron chi connectivity index (χ2n) is 4.93. The molecule has 3 aromatic rings. The Kier molecular flexibility index (Phi) is 4.12. The fraction of sp³-hybridized carbons (Fsp3) is 0.133. The van der Waals surface area contributed by atoms with Crippen molar-refractivity contribution in [3.8, 4) is 0 Å². The van der Waals surface area contributed by atoms with Crippen molar-refractivity contribution in [3.05, 3.63) is 65.1 Å². The van der Waals surface area contributed by atoms with Crippen molar-refractivity contribution in [2.24, 2.45) is 7.05 Å². The smallest absolute Gasteiger partial charge is 0.223 e. The van der Waals surface area contributed by atoms with E-state index < -0.39 is 6.04 Å². The molecule has 0 aliphatic rings. The lowest BCUT2D eigenvalue weighted by atomic mass is 10.1. The molecule has 0 radical (unpaired) electrons. The van der Waals surface area contributed by atoms with Crippen LogP contribution in [0.15, 0.2) is 42.7 Å². The largest absolute Gasteiger partial charge is 0.368 e. The van der Waals surface area contributed by atoms with Crippen LogP contribution >= 0.6 is 11.6 Å². The first-order valence-electron chi connectivity index (χ1n) is 6.83. The Morgan fingerprint density at radius 2 is 2.09 bits per heavy atom. The third-order valence-electron chi connectivity index (χ3n) is 3.34. The number of nitrogens with two attached hydrogens (primary N) is 1. The number of benzene rings is 1. The fourth-order valence-electron chi connectivity index (χ4n) is 2.30. The normalized spacial score (nSPS) is 12.1. The molecule has 1 unspecified atom stereocenters. The van der Waals surface area contributed by atoms with Crippen LogP contribution in [0.3, 0.4) is 0 Å². The number of aromatic nitrogens is 4. The van der Waals surface area contributed by atoms with Gasteiger partial charge in [-0.3, -0.25) is 0 Å². The number of hydrogen-bond donors (Lipinski definition) is 2. The van der Waals surface area contributed by atoms with Crippen molar-refractivity contribution in [1.29, 1.82) is 0 Å². The molecule has 2 aromatic heterocycles. The van der Waals surface area contributed by atoms with Crippen LogP contribution < -0.4 is 11.1 Å². The summed E-state index contributed by atoms with van der Waals surface area (Å²) in [6, 6.07) is 7.45. The number of hydrogen-bond acceptors (Lipinski definition) is 5. The molecule has 0 amide bonds. The van der Waals surface area contributed by atoms with Gasteiger partial charge in [0, 0.05) is 31.1 Å². The molecule has 2 heterocycles. The molecule has 3 N–H and O–H groups in total. The van der Waals surface area contributed by atoms with E-state index in [2.05, 4.69) is 20.3 Å². The molecule has 0 fully saturated rings. The van der Waals surface area contributed by atoms with Gasteiger partial charge in [-0.05, 0) is 6.07 Å². The number of halogens is 2. The van der Waals surface area contributed by atoms with E-state index in [4.69, 9.17) is 17.3 Å². The summed E-state index contributed by atoms with van der Waals surface area (Å²) in [6.45, 7) is 0. The zero-order chi connectivity index (χ0) is 16.4. The molecule has 0 aliphatic heterocycles. The molecule has 8 heteroatoms. The lowest BCUT2D eigenvalue weighted by Gasteiger charge is -2.20. The summed E-state index contributed by atoms with van der Waals surface area (Å²) >= 11 is 5.90. The Bertz CT molecular complexity index is 814. The van der Waals surface area contributed by atoms with E-state index in [1.165, 1.54) is 12.1 Å². The number of nitrogen functional groups attached to an aromatic ring is 1. The maximum Gasteiger partial charge on any atom is 0.223 e. The second-order valence-corrected chi connectivity index (χ2v) is 5.32. The maximum absolute atomic E-state index is 14.3. The van der Waals surface area contributed by atoms with E-state index in [1.54, 1.807) is 35.2 Å². The van der Waals surface area contributed by atoms with Gasteiger partial charge < -0.3 is 15.6 Å². The number of nitrogens with zero attached hydrogens (tertiary/aromatic N) is 4. The molecule has 6 nitrogen and oxygen atoms in total. The van der Waals surface area contributed by atoms with E-state index in [1.807, 2.05) is 7.05 Å². The van der Waals surface area contributed by atoms with Crippen molar-refractivity contribution in [3.63, 3.8) is 0 Å². The first kappa shape index (κ1) is 15.2. The average Bonchev–Trinajstić information content (AvgIpc) is 2.91. The topological polar surface area (TPSA) is 81.7 Å². The van der Waals surface area contributed by atoms with E-state index in [-0.39, 0.29) is 16.9 Å². The number of aryl methyl sites for hydroxylation is 1. The average molecular weight is 333 g/mol. The van der Waals surface area contributed by atoms with Gasteiger partial charge >= 0.3 is 0 Å². The van der Waals surface area contributed by atoms with Crippen molar-refractivity contribution in [1.82, 2.24) is 19.5 Å². The predicted octanol–water partition coefficient (Wildman–Crippen LogP) is 2.79. The summed E-state index contributed by atoms with van der Waals surface area (Å²) in [6.07, 6.45) is 3.43. The van der Waals surface area contributed by atoms with Gasteiger partial charge in [0.25, 0.3) is 0 Å². The lowest BCUT2D eigenvalue weighted by Crippen LogP contribution is -2.19. The van der Waals surface area contributed by atoms with E-state index in [9.17, 15) is 4.39 Å². The van der Waals surface area contributed by atoms with Crippen LogP contribution in [-0.2, 0) is 7.05 Å². The van der Waals surface area contributed by atoms with E-state index >= 15 is 0 Å². The molecule has 1 aromatic carbocycles. The van der Waals surface area contributed by atoms with Gasteiger partial charge in [-0.15, -0.1) is 0 Å². The molecular formula is C15H14ClFN6. The first-order valence-corrected chi connectivity index (χ1v) is 7.20. The zero-order valence-electron chi connectivity index (χ0n) is 12.2. The summed E-state index contributed by atoms with van der Waals surface area (Å²) in [5.41, 5.74) is 6.05. The zero-order valence-corrected chi connectivity index (χ0v) is 13.0. The van der Waals surface area contributed by atoms with Crippen LogP contribution in [0.1, 0.15) is 17.4 Å². The molecule has 0 bridgehead atoms. The quantitative estimate of drug-likeness (QED) is 0.718. The van der Waals surface area contributed by atoms with Gasteiger partial charge in [0.2, 0.25) is 5.95 Å². The van der Waals surface area contributed by atoms with Gasteiger partial charge in [-0.25, -0.2) is 14.4 Å². The maximum atomic E-state index is 14.3. The minimum absolute atomic E-state index is 0.0344. The molecule has 0 aliphatic carbocycles. The standard InChI is InChI=1S/C15H14ClFN6/c1-23-7-6-19-14(23)13(9-4-2-3-5-10(9)17)21-12-8-11(16)20-15(18)22-12/h2-8,13H,1H3,(H3,18,20,21,22). The number of imidazole rings is 1. The Morgan fingerprint density at radius 3 is 2.74 bits per heavy atom. The van der Waals surface area contributed by atoms with Gasteiger partial charge in [0.15, 0.2) is 0 Å². The number of rotatable bonds is 4. The Labute approximate surface area is 137 Å². The van der Waals surface area contributed by atoms with Crippen molar-refractivity contribution in [2.45, 2.75) is 6.04 Å². The first-order chi connectivity index (χ1) is 11.0. The number of anilines is 2. The van der Waals surface area contributed by atoms with Gasteiger partial charge in [0.1, 0.15) is 28.7 Å². The highest BCUT2D eigenvalue weighted by Gasteiger charge is 2.22. The Morgan fingerprint density at radius 1 is 1.30 bits per heavy atom. The molecule has 118 valence electrons. The van der Waals surface area contributed by atoms with Gasteiger partial charge in [-0.1, -0.05) is 29.8 Å². The molecule has 0 saturated carbocycles. The third kappa shape index (κ3) is 3.24. The summed E-state index contributed by atoms with van der Waals surface area (Å²) < 4.78 is 16.1. The molecular weight excluding hydrogens is 319 g/mol. The fourth-order valence-corrected chi connectivity index (χ4v) is 2.49. The van der Waals surface area contributed by atoms with Crippen LogP contribution in [0.25, 0.3) is 0 Å². The summed E-state index contributed by atoms with van der Waals surface area (Å²) in [7, 11) is 1.83. The van der Waals surface area contributed by atoms with E-state index in [0.29, 0.717) is 17.2 Å². The van der Waals surface area contributed by atoms with Crippen molar-refractivity contribution in [2.75, 3.05) is 11.1 Å². The van der Waals surface area contributed by atoms with Gasteiger partial charge in [-0.2, -0.15) is 4.98 Å². The van der Waals surface area contributed by atoms with Crippen LogP contribution in [0.5, 0.6) is 0 Å². The van der Waals surface area contributed by atoms with Crippen LogP contribution in [0, 0.1) is 5.82 Å². The highest BCUT2D eigenvalue weighted by Crippen LogP contribution is 2.27. The van der Waals surface area contributed by atoms with Crippen LogP contribution in [0.4, 0.5) is 16.2 Å². The van der Waals surface area contributed by atoms with Crippen molar-refractivity contribution >= 4 is 23.4 Å². The summed E-state index contributed by atoms with van der Waals surface area (Å²) in [5.74, 6) is 0.704. The summed E-state index contributed by atoms with van der Waals surface area (Å²) in [5, 5.41) is 3.32. The lowest BCUT2D eigenvalue weighted by molar-refractivity contribution is 0.596. The molecule has 0 saturated heterocycles. The molecule has 3 rings (SSSR count). The van der Waals surface area contributed by atoms with Crippen LogP contribution in [-0.4, -0.2) is 19.5 Å². The van der Waals surface area contributed by atoms with E-state index in [0.717, 1.165) is 0 Å². The molecule has 1 atom stereocenters. The number of nitrogens with one attached hydrogen (secondary N) is 1. The summed E-state index contributed by atoms with van der Waals surface area (Å²) in [4.78, 5) is 12.2. The van der Waals surface area contributed by atoms with Crippen molar-refractivity contribution < 1.29 is 4.39 Å². The second kappa shape index (κ2) is 6.21. The predicted molar refractivity (Wildman–Crippen MR) is 86.5 cm³/mol. The monoisotopic (exact) mass is 332 g/mol. The highest BCUT2D eigenvalue weighted by molar-refractivity contribution is 6.29. The third-order valence-corrected chi connectivity index (χ3v) is 3.53. The SMILES string of the molecule is Cn1ccnc1C(Nc1cc(Cl)nc(N)n1)c1ccccc1F. The molecule has 0 spiro atoms. The Hall–Kier alpha value is -2.67. The van der Waals surface area contributed by atoms with Gasteiger partial charge in [0.05, 0.1) is 0 Å². The van der Waals surface area contributed by atoms with Crippen LogP contribution in [0.2, 0.25) is 5.15 Å². The minimum Gasteiger partial charge on any atom is -0.368 e. The molecule has 23 heavy (non-hydrogen) atoms.